The smallest absolute Gasteiger partial charge is 0.246 e. The molecular weight excluding hydrogens is 364 g/mol. The molecule has 2 aromatic heterocycles. The predicted molar refractivity (Wildman–Crippen MR) is 104 cm³/mol. The molecule has 0 radical (unpaired) electrons. The highest BCUT2D eigenvalue weighted by atomic mass is 35.5. The Morgan fingerprint density at radius 3 is 2.81 bits per heavy atom. The highest BCUT2D eigenvalue weighted by Crippen LogP contribution is 2.28. The van der Waals surface area contributed by atoms with Crippen LogP contribution >= 0.6 is 11.6 Å². The first-order valence-electron chi connectivity index (χ1n) is 8.80. The number of amides is 2. The lowest BCUT2D eigenvalue weighted by Crippen LogP contribution is -2.57. The van der Waals surface area contributed by atoms with Gasteiger partial charge in [0.25, 0.3) is 0 Å². The molecule has 3 aromatic rings. The molecule has 7 heteroatoms. The van der Waals surface area contributed by atoms with Crippen molar-refractivity contribution in [1.82, 2.24) is 14.3 Å². The van der Waals surface area contributed by atoms with Crippen LogP contribution in [0, 0.1) is 0 Å². The maximum Gasteiger partial charge on any atom is 0.246 e. The lowest BCUT2D eigenvalue weighted by atomic mass is 10.1. The quantitative estimate of drug-likeness (QED) is 0.700. The molecule has 0 aliphatic carbocycles. The SMILES string of the molecule is CC1CN(c2ccccc2Cl)C(=O)CN1C(=O)Cc1cnc2ccccn12. The Hall–Kier alpha value is -2.86. The van der Waals surface area contributed by atoms with Gasteiger partial charge in [-0.15, -0.1) is 0 Å². The summed E-state index contributed by atoms with van der Waals surface area (Å²) in [7, 11) is 0. The van der Waals surface area contributed by atoms with Crippen LogP contribution in [0.5, 0.6) is 0 Å². The van der Waals surface area contributed by atoms with Gasteiger partial charge in [-0.1, -0.05) is 29.8 Å². The number of halogens is 1. The van der Waals surface area contributed by atoms with E-state index in [0.29, 0.717) is 17.3 Å². The first kappa shape index (κ1) is 17.5. The van der Waals surface area contributed by atoms with Crippen LogP contribution in [0.25, 0.3) is 5.65 Å². The summed E-state index contributed by atoms with van der Waals surface area (Å²) in [6, 6.07) is 12.9. The van der Waals surface area contributed by atoms with E-state index in [9.17, 15) is 9.59 Å². The summed E-state index contributed by atoms with van der Waals surface area (Å²) in [5, 5.41) is 0.531. The number of carbonyl (C=O) groups is 2. The Balaban J connectivity index is 1.51. The first-order chi connectivity index (χ1) is 13.0. The molecular formula is C20H19ClN4O2. The summed E-state index contributed by atoms with van der Waals surface area (Å²) < 4.78 is 1.89. The van der Waals surface area contributed by atoms with Crippen LogP contribution < -0.4 is 4.90 Å². The second-order valence-electron chi connectivity index (χ2n) is 6.68. The van der Waals surface area contributed by atoms with E-state index in [1.54, 1.807) is 22.1 Å². The summed E-state index contributed by atoms with van der Waals surface area (Å²) in [4.78, 5) is 33.2. The average molecular weight is 383 g/mol. The Morgan fingerprint density at radius 1 is 1.22 bits per heavy atom. The van der Waals surface area contributed by atoms with Crippen molar-refractivity contribution in [2.24, 2.45) is 0 Å². The zero-order valence-corrected chi connectivity index (χ0v) is 15.6. The normalized spacial score (nSPS) is 17.6. The zero-order chi connectivity index (χ0) is 19.0. The standard InChI is InChI=1S/C20H19ClN4O2/c1-14-12-25(17-7-3-2-6-16(17)21)20(27)13-24(14)19(26)10-15-11-22-18-8-4-5-9-23(15)18/h2-9,11,14H,10,12-13H2,1H3. The number of nitrogens with zero attached hydrogens (tertiary/aromatic N) is 4. The molecule has 0 saturated carbocycles. The van der Waals surface area contributed by atoms with Crippen molar-refractivity contribution in [3.05, 3.63) is 65.6 Å². The molecule has 1 unspecified atom stereocenters. The number of benzene rings is 1. The number of aromatic nitrogens is 2. The Kier molecular flexibility index (Phi) is 4.58. The second kappa shape index (κ2) is 7.04. The summed E-state index contributed by atoms with van der Waals surface area (Å²) in [6.07, 6.45) is 3.80. The topological polar surface area (TPSA) is 57.9 Å². The van der Waals surface area contributed by atoms with E-state index in [-0.39, 0.29) is 30.8 Å². The highest BCUT2D eigenvalue weighted by Gasteiger charge is 2.34. The van der Waals surface area contributed by atoms with Gasteiger partial charge in [0.1, 0.15) is 12.2 Å². The van der Waals surface area contributed by atoms with Gasteiger partial charge in [0, 0.05) is 25.0 Å². The van der Waals surface area contributed by atoms with Gasteiger partial charge >= 0.3 is 0 Å². The van der Waals surface area contributed by atoms with Gasteiger partial charge in [0.15, 0.2) is 0 Å². The fraction of sp³-hybridized carbons (Fsp3) is 0.250. The Bertz CT molecular complexity index is 1020. The molecule has 2 amide bonds. The minimum atomic E-state index is -0.132. The summed E-state index contributed by atoms with van der Waals surface area (Å²) in [5.41, 5.74) is 2.29. The van der Waals surface area contributed by atoms with E-state index < -0.39 is 0 Å². The van der Waals surface area contributed by atoms with Crippen LogP contribution in [-0.4, -0.2) is 45.2 Å². The van der Waals surface area contributed by atoms with E-state index in [1.165, 1.54) is 0 Å². The van der Waals surface area contributed by atoms with E-state index in [1.807, 2.05) is 53.9 Å². The van der Waals surface area contributed by atoms with Crippen molar-refractivity contribution in [2.45, 2.75) is 19.4 Å². The van der Waals surface area contributed by atoms with Crippen molar-refractivity contribution in [2.75, 3.05) is 18.0 Å². The van der Waals surface area contributed by atoms with E-state index >= 15 is 0 Å². The predicted octanol–water partition coefficient (Wildman–Crippen LogP) is 2.79. The zero-order valence-electron chi connectivity index (χ0n) is 14.9. The van der Waals surface area contributed by atoms with Gasteiger partial charge in [-0.3, -0.25) is 9.59 Å². The minimum absolute atomic E-state index is 0.0436. The molecule has 1 atom stereocenters. The average Bonchev–Trinajstić information content (AvgIpc) is 3.07. The highest BCUT2D eigenvalue weighted by molar-refractivity contribution is 6.33. The number of rotatable bonds is 3. The van der Waals surface area contributed by atoms with Gasteiger partial charge < -0.3 is 14.2 Å². The van der Waals surface area contributed by atoms with Gasteiger partial charge in [0.05, 0.1) is 22.8 Å². The van der Waals surface area contributed by atoms with Crippen LogP contribution in [0.3, 0.4) is 0 Å². The lowest BCUT2D eigenvalue weighted by molar-refractivity contribution is -0.138. The number of para-hydroxylation sites is 1. The molecule has 0 N–H and O–H groups in total. The molecule has 27 heavy (non-hydrogen) atoms. The molecule has 3 heterocycles. The molecule has 0 bridgehead atoms. The third-order valence-corrected chi connectivity index (χ3v) is 5.19. The summed E-state index contributed by atoms with van der Waals surface area (Å²) in [5.74, 6) is -0.215. The van der Waals surface area contributed by atoms with Gasteiger partial charge in [-0.2, -0.15) is 0 Å². The number of piperazine rings is 1. The largest absolute Gasteiger partial charge is 0.329 e. The Labute approximate surface area is 162 Å². The molecule has 6 nitrogen and oxygen atoms in total. The molecule has 4 rings (SSSR count). The van der Waals surface area contributed by atoms with Crippen LogP contribution in [0.1, 0.15) is 12.6 Å². The molecule has 1 saturated heterocycles. The van der Waals surface area contributed by atoms with Gasteiger partial charge in [-0.05, 0) is 31.2 Å². The molecule has 1 aliphatic rings. The number of imidazole rings is 1. The number of carbonyl (C=O) groups excluding carboxylic acids is 2. The summed E-state index contributed by atoms with van der Waals surface area (Å²) >= 11 is 6.24. The molecule has 1 aliphatic heterocycles. The number of fused-ring (bicyclic) bond motifs is 1. The molecule has 138 valence electrons. The molecule has 1 fully saturated rings. The van der Waals surface area contributed by atoms with E-state index in [2.05, 4.69) is 4.98 Å². The maximum atomic E-state index is 12.9. The number of anilines is 1. The second-order valence-corrected chi connectivity index (χ2v) is 7.09. The fourth-order valence-corrected chi connectivity index (χ4v) is 3.70. The van der Waals surface area contributed by atoms with E-state index in [4.69, 9.17) is 11.6 Å². The van der Waals surface area contributed by atoms with Crippen molar-refractivity contribution >= 4 is 34.7 Å². The fourth-order valence-electron chi connectivity index (χ4n) is 3.46. The van der Waals surface area contributed by atoms with Gasteiger partial charge in [-0.25, -0.2) is 4.98 Å². The van der Waals surface area contributed by atoms with Crippen LogP contribution in [0.15, 0.2) is 54.9 Å². The van der Waals surface area contributed by atoms with E-state index in [0.717, 1.165) is 11.3 Å². The van der Waals surface area contributed by atoms with Crippen molar-refractivity contribution in [3.63, 3.8) is 0 Å². The van der Waals surface area contributed by atoms with Crippen molar-refractivity contribution in [1.29, 1.82) is 0 Å². The maximum absolute atomic E-state index is 12.9. The number of hydrogen-bond acceptors (Lipinski definition) is 3. The number of pyridine rings is 1. The minimum Gasteiger partial charge on any atom is -0.329 e. The Morgan fingerprint density at radius 2 is 2.00 bits per heavy atom. The summed E-state index contributed by atoms with van der Waals surface area (Å²) in [6.45, 7) is 2.41. The lowest BCUT2D eigenvalue weighted by Gasteiger charge is -2.39. The van der Waals surface area contributed by atoms with Crippen molar-refractivity contribution in [3.8, 4) is 0 Å². The first-order valence-corrected chi connectivity index (χ1v) is 9.17. The van der Waals surface area contributed by atoms with Crippen LogP contribution in [-0.2, 0) is 16.0 Å². The molecule has 0 spiro atoms. The monoisotopic (exact) mass is 382 g/mol. The van der Waals surface area contributed by atoms with Gasteiger partial charge in [0.2, 0.25) is 11.8 Å². The molecule has 1 aromatic carbocycles. The van der Waals surface area contributed by atoms with Crippen LogP contribution in [0.4, 0.5) is 5.69 Å². The third kappa shape index (κ3) is 3.28. The van der Waals surface area contributed by atoms with Crippen molar-refractivity contribution < 1.29 is 9.59 Å². The van der Waals surface area contributed by atoms with Crippen LogP contribution in [0.2, 0.25) is 5.02 Å². The third-order valence-electron chi connectivity index (χ3n) is 4.88. The number of hydrogen-bond donors (Lipinski definition) is 0.